The third-order valence-electron chi connectivity index (χ3n) is 6.94. The van der Waals surface area contributed by atoms with Gasteiger partial charge in [0.15, 0.2) is 9.84 Å². The van der Waals surface area contributed by atoms with Gasteiger partial charge in [0.05, 0.1) is 18.1 Å². The van der Waals surface area contributed by atoms with E-state index in [1.165, 1.54) is 11.1 Å². The highest BCUT2D eigenvalue weighted by atomic mass is 32.2. The average molecular weight is 470 g/mol. The first-order valence-electron chi connectivity index (χ1n) is 11.7. The van der Waals surface area contributed by atoms with Crippen molar-refractivity contribution in [3.63, 3.8) is 0 Å². The summed E-state index contributed by atoms with van der Waals surface area (Å²) in [6.07, 6.45) is 0.976. The van der Waals surface area contributed by atoms with Crippen molar-refractivity contribution in [1.29, 1.82) is 0 Å². The number of hydrogen-bond acceptors (Lipinski definition) is 6. The molecule has 0 N–H and O–H groups in total. The van der Waals surface area contributed by atoms with Crippen LogP contribution < -0.4 is 4.74 Å². The normalized spacial score (nSPS) is 21.9. The van der Waals surface area contributed by atoms with Gasteiger partial charge in [-0.15, -0.1) is 0 Å². The molecule has 33 heavy (non-hydrogen) atoms. The molecule has 0 spiro atoms. The average Bonchev–Trinajstić information content (AvgIpc) is 3.29. The molecule has 0 saturated carbocycles. The molecule has 5 rings (SSSR count). The molecular weight excluding hydrogens is 438 g/mol. The second-order valence-electron chi connectivity index (χ2n) is 9.14. The summed E-state index contributed by atoms with van der Waals surface area (Å²) in [7, 11) is -3.00. The fourth-order valence-corrected chi connectivity index (χ4v) is 6.25. The molecule has 2 aromatic rings. The lowest BCUT2D eigenvalue weighted by atomic mass is 10.0. The summed E-state index contributed by atoms with van der Waals surface area (Å²) in [6.45, 7) is 5.47. The topological polar surface area (TPSA) is 70.2 Å². The minimum Gasteiger partial charge on any atom is -0.493 e. The standard InChI is InChI=1S/C25H31N3O4S/c29-25(24(21-4-2-1-3-5-21)27-13-16-33(30,31)17-14-27)28-11-9-26(10-12-28)19-20-6-7-23-22(18-20)8-15-32-23/h1-7,18,24H,8-17,19H2. The number of ether oxygens (including phenoxy) is 1. The Labute approximate surface area is 195 Å². The largest absolute Gasteiger partial charge is 0.493 e. The van der Waals surface area contributed by atoms with E-state index in [0.29, 0.717) is 26.2 Å². The highest BCUT2D eigenvalue weighted by Crippen LogP contribution is 2.28. The molecule has 1 amide bonds. The Hall–Kier alpha value is -2.42. The van der Waals surface area contributed by atoms with Crippen LogP contribution in [0, 0.1) is 0 Å². The fourth-order valence-electron chi connectivity index (χ4n) is 5.03. The van der Waals surface area contributed by atoms with Gasteiger partial charge in [0.2, 0.25) is 5.91 Å². The maximum Gasteiger partial charge on any atom is 0.244 e. The van der Waals surface area contributed by atoms with E-state index >= 15 is 0 Å². The molecule has 1 atom stereocenters. The molecule has 7 nitrogen and oxygen atoms in total. The zero-order chi connectivity index (χ0) is 22.8. The number of carbonyl (C=O) groups is 1. The van der Waals surface area contributed by atoms with Crippen molar-refractivity contribution in [3.8, 4) is 5.75 Å². The number of fused-ring (bicyclic) bond motifs is 1. The molecule has 3 heterocycles. The molecule has 2 fully saturated rings. The van der Waals surface area contributed by atoms with Crippen LogP contribution in [-0.4, -0.2) is 86.4 Å². The number of benzene rings is 2. The Morgan fingerprint density at radius 3 is 2.39 bits per heavy atom. The van der Waals surface area contributed by atoms with Crippen LogP contribution in [0.5, 0.6) is 5.75 Å². The van der Waals surface area contributed by atoms with Gasteiger partial charge in [-0.25, -0.2) is 8.42 Å². The smallest absolute Gasteiger partial charge is 0.244 e. The van der Waals surface area contributed by atoms with Crippen molar-refractivity contribution < 1.29 is 17.9 Å². The number of nitrogens with zero attached hydrogens (tertiary/aromatic N) is 3. The monoisotopic (exact) mass is 469 g/mol. The van der Waals surface area contributed by atoms with Gasteiger partial charge in [0, 0.05) is 52.2 Å². The van der Waals surface area contributed by atoms with E-state index in [9.17, 15) is 13.2 Å². The Bertz CT molecular complexity index is 1080. The summed E-state index contributed by atoms with van der Waals surface area (Å²) < 4.78 is 29.5. The fraction of sp³-hybridized carbons (Fsp3) is 0.480. The first kappa shape index (κ1) is 22.4. The van der Waals surface area contributed by atoms with Crippen LogP contribution in [0.2, 0.25) is 0 Å². The third-order valence-corrected chi connectivity index (χ3v) is 8.55. The van der Waals surface area contributed by atoms with Crippen molar-refractivity contribution in [1.82, 2.24) is 14.7 Å². The molecule has 0 aromatic heterocycles. The molecule has 8 heteroatoms. The summed E-state index contributed by atoms with van der Waals surface area (Å²) in [5.41, 5.74) is 3.51. The zero-order valence-corrected chi connectivity index (χ0v) is 19.7. The maximum atomic E-state index is 13.7. The molecule has 0 radical (unpaired) electrons. The van der Waals surface area contributed by atoms with Crippen molar-refractivity contribution in [2.24, 2.45) is 0 Å². The van der Waals surface area contributed by atoms with Crippen LogP contribution >= 0.6 is 0 Å². The number of carbonyl (C=O) groups excluding carboxylic acids is 1. The van der Waals surface area contributed by atoms with Gasteiger partial charge in [0.1, 0.15) is 11.8 Å². The minimum absolute atomic E-state index is 0.0785. The predicted octanol–water partition coefficient (Wildman–Crippen LogP) is 1.74. The quantitative estimate of drug-likeness (QED) is 0.665. The van der Waals surface area contributed by atoms with Gasteiger partial charge in [-0.2, -0.15) is 0 Å². The Kier molecular flexibility index (Phi) is 6.40. The minimum atomic E-state index is -3.00. The summed E-state index contributed by atoms with van der Waals surface area (Å²) in [4.78, 5) is 20.0. The predicted molar refractivity (Wildman–Crippen MR) is 127 cm³/mol. The number of piperazine rings is 1. The Balaban J connectivity index is 1.24. The molecule has 3 aliphatic heterocycles. The maximum absolute atomic E-state index is 13.7. The molecule has 3 aliphatic rings. The number of hydrogen-bond donors (Lipinski definition) is 0. The summed E-state index contributed by atoms with van der Waals surface area (Å²) in [5.74, 6) is 1.31. The number of amides is 1. The van der Waals surface area contributed by atoms with Crippen LogP contribution in [0.3, 0.4) is 0 Å². The second-order valence-corrected chi connectivity index (χ2v) is 11.4. The SMILES string of the molecule is O=C(C(c1ccccc1)N1CCS(=O)(=O)CC1)N1CCN(Cc2ccc3c(c2)CCO3)CC1. The molecule has 0 bridgehead atoms. The third kappa shape index (κ3) is 5.08. The van der Waals surface area contributed by atoms with Gasteiger partial charge in [-0.05, 0) is 22.8 Å². The molecule has 176 valence electrons. The Morgan fingerprint density at radius 1 is 0.939 bits per heavy atom. The van der Waals surface area contributed by atoms with Crippen LogP contribution in [-0.2, 0) is 27.6 Å². The van der Waals surface area contributed by atoms with Gasteiger partial charge in [-0.3, -0.25) is 14.6 Å². The van der Waals surface area contributed by atoms with E-state index in [4.69, 9.17) is 4.74 Å². The highest BCUT2D eigenvalue weighted by Gasteiger charge is 2.35. The first-order valence-corrected chi connectivity index (χ1v) is 13.6. The van der Waals surface area contributed by atoms with Gasteiger partial charge in [0.25, 0.3) is 0 Å². The Morgan fingerprint density at radius 2 is 1.67 bits per heavy atom. The summed E-state index contributed by atoms with van der Waals surface area (Å²) in [6, 6.07) is 15.8. The van der Waals surface area contributed by atoms with E-state index in [0.717, 1.165) is 44.0 Å². The van der Waals surface area contributed by atoms with Crippen LogP contribution in [0.15, 0.2) is 48.5 Å². The van der Waals surface area contributed by atoms with E-state index in [-0.39, 0.29) is 17.4 Å². The van der Waals surface area contributed by atoms with Crippen molar-refractivity contribution in [2.75, 3.05) is 57.4 Å². The van der Waals surface area contributed by atoms with Crippen molar-refractivity contribution >= 4 is 15.7 Å². The zero-order valence-electron chi connectivity index (χ0n) is 18.9. The van der Waals surface area contributed by atoms with Gasteiger partial charge < -0.3 is 9.64 Å². The van der Waals surface area contributed by atoms with Gasteiger partial charge in [-0.1, -0.05) is 42.5 Å². The van der Waals surface area contributed by atoms with Crippen molar-refractivity contribution in [3.05, 3.63) is 65.2 Å². The van der Waals surface area contributed by atoms with E-state index in [1.807, 2.05) is 40.1 Å². The highest BCUT2D eigenvalue weighted by molar-refractivity contribution is 7.91. The number of sulfone groups is 1. The van der Waals surface area contributed by atoms with Crippen LogP contribution in [0.4, 0.5) is 0 Å². The van der Waals surface area contributed by atoms with Crippen LogP contribution in [0.1, 0.15) is 22.7 Å². The lowest BCUT2D eigenvalue weighted by Gasteiger charge is -2.40. The van der Waals surface area contributed by atoms with E-state index < -0.39 is 15.9 Å². The number of rotatable bonds is 5. The van der Waals surface area contributed by atoms with E-state index in [2.05, 4.69) is 23.1 Å². The van der Waals surface area contributed by atoms with E-state index in [1.54, 1.807) is 0 Å². The lowest BCUT2D eigenvalue weighted by Crippen LogP contribution is -2.53. The summed E-state index contributed by atoms with van der Waals surface area (Å²) in [5, 5.41) is 0. The molecule has 2 saturated heterocycles. The molecule has 0 aliphatic carbocycles. The molecule has 2 aromatic carbocycles. The van der Waals surface area contributed by atoms with Crippen LogP contribution in [0.25, 0.3) is 0 Å². The lowest BCUT2D eigenvalue weighted by molar-refractivity contribution is -0.139. The van der Waals surface area contributed by atoms with Crippen molar-refractivity contribution in [2.45, 2.75) is 19.0 Å². The molecular formula is C25H31N3O4S. The van der Waals surface area contributed by atoms with Gasteiger partial charge >= 0.3 is 0 Å². The summed E-state index contributed by atoms with van der Waals surface area (Å²) >= 11 is 0. The second kappa shape index (κ2) is 9.44. The first-order chi connectivity index (χ1) is 16.0. The molecule has 1 unspecified atom stereocenters.